The van der Waals surface area contributed by atoms with Crippen LogP contribution in [0, 0.1) is 5.82 Å². The number of benzene rings is 1. The molecule has 3 nitrogen and oxygen atoms in total. The van der Waals surface area contributed by atoms with Gasteiger partial charge in [0.1, 0.15) is 22.8 Å². The first-order valence-electron chi connectivity index (χ1n) is 6.03. The summed E-state index contributed by atoms with van der Waals surface area (Å²) in [6, 6.07) is 8.62. The van der Waals surface area contributed by atoms with Crippen LogP contribution in [0.3, 0.4) is 0 Å². The van der Waals surface area contributed by atoms with Crippen molar-refractivity contribution in [2.24, 2.45) is 0 Å². The number of fused-ring (bicyclic) bond motifs is 1. The van der Waals surface area contributed by atoms with Crippen molar-refractivity contribution >= 4 is 33.1 Å². The summed E-state index contributed by atoms with van der Waals surface area (Å²) in [5.41, 5.74) is 0.423. The lowest BCUT2D eigenvalue weighted by Crippen LogP contribution is -1.96. The van der Waals surface area contributed by atoms with Gasteiger partial charge in [-0.1, -0.05) is 19.1 Å². The van der Waals surface area contributed by atoms with Gasteiger partial charge in [0.25, 0.3) is 0 Å². The molecule has 0 unspecified atom stereocenters. The van der Waals surface area contributed by atoms with Crippen LogP contribution in [-0.2, 0) is 6.42 Å². The van der Waals surface area contributed by atoms with E-state index in [1.807, 2.05) is 0 Å². The van der Waals surface area contributed by atoms with E-state index in [1.54, 1.807) is 29.5 Å². The van der Waals surface area contributed by atoms with Crippen LogP contribution in [0.25, 0.3) is 10.2 Å². The Balaban J connectivity index is 2.05. The van der Waals surface area contributed by atoms with Crippen molar-refractivity contribution in [1.29, 1.82) is 0 Å². The predicted octanol–water partition coefficient (Wildman–Crippen LogP) is 4.14. The Bertz CT molecular complexity index is 724. The van der Waals surface area contributed by atoms with Crippen molar-refractivity contribution in [3.05, 3.63) is 47.4 Å². The molecule has 2 heterocycles. The number of nitrogens with zero attached hydrogens (tertiary/aromatic N) is 2. The minimum Gasteiger partial charge on any atom is -0.337 e. The van der Waals surface area contributed by atoms with Crippen LogP contribution in [0.4, 0.5) is 15.9 Å². The molecule has 0 bridgehead atoms. The molecule has 0 atom stereocenters. The van der Waals surface area contributed by atoms with Gasteiger partial charge in [-0.25, -0.2) is 14.4 Å². The van der Waals surface area contributed by atoms with Crippen molar-refractivity contribution in [3.63, 3.8) is 0 Å². The lowest BCUT2D eigenvalue weighted by atomic mass is 10.2. The summed E-state index contributed by atoms with van der Waals surface area (Å²) < 4.78 is 13.6. The number of rotatable bonds is 3. The van der Waals surface area contributed by atoms with Crippen molar-refractivity contribution in [1.82, 2.24) is 9.97 Å². The van der Waals surface area contributed by atoms with E-state index in [4.69, 9.17) is 0 Å². The van der Waals surface area contributed by atoms with Gasteiger partial charge in [-0.05, 0) is 24.6 Å². The number of thiophene rings is 1. The van der Waals surface area contributed by atoms with Gasteiger partial charge in [-0.15, -0.1) is 11.3 Å². The third kappa shape index (κ3) is 2.29. The zero-order valence-corrected chi connectivity index (χ0v) is 11.2. The summed E-state index contributed by atoms with van der Waals surface area (Å²) in [5, 5.41) is 3.97. The molecule has 0 spiro atoms. The Hall–Kier alpha value is -2.01. The Morgan fingerprint density at radius 3 is 2.89 bits per heavy atom. The van der Waals surface area contributed by atoms with E-state index in [0.29, 0.717) is 11.5 Å². The number of aryl methyl sites for hydroxylation is 1. The van der Waals surface area contributed by atoms with Gasteiger partial charge in [0.15, 0.2) is 0 Å². The largest absolute Gasteiger partial charge is 0.337 e. The lowest BCUT2D eigenvalue weighted by molar-refractivity contribution is 0.632. The monoisotopic (exact) mass is 273 g/mol. The fraction of sp³-hybridized carbons (Fsp3) is 0.143. The van der Waals surface area contributed by atoms with Gasteiger partial charge in [0, 0.05) is 4.88 Å². The van der Waals surface area contributed by atoms with Crippen LogP contribution in [-0.4, -0.2) is 9.97 Å². The van der Waals surface area contributed by atoms with Crippen LogP contribution in [0.5, 0.6) is 0 Å². The van der Waals surface area contributed by atoms with Gasteiger partial charge in [0.05, 0.1) is 11.1 Å². The molecule has 0 fully saturated rings. The molecule has 3 aromatic rings. The highest BCUT2D eigenvalue weighted by atomic mass is 32.1. The number of para-hydroxylation sites is 1. The van der Waals surface area contributed by atoms with Crippen LogP contribution < -0.4 is 5.32 Å². The average molecular weight is 273 g/mol. The second-order valence-corrected chi connectivity index (χ2v) is 5.23. The number of halogens is 1. The second-order valence-electron chi connectivity index (χ2n) is 4.11. The summed E-state index contributed by atoms with van der Waals surface area (Å²) in [6.07, 6.45) is 2.46. The maximum Gasteiger partial charge on any atom is 0.146 e. The normalized spacial score (nSPS) is 10.8. The fourth-order valence-electron chi connectivity index (χ4n) is 1.87. The van der Waals surface area contributed by atoms with Gasteiger partial charge in [-0.3, -0.25) is 0 Å². The minimum atomic E-state index is -0.291. The van der Waals surface area contributed by atoms with E-state index >= 15 is 0 Å². The molecular weight excluding hydrogens is 261 g/mol. The van der Waals surface area contributed by atoms with E-state index in [1.165, 1.54) is 17.3 Å². The molecular formula is C14H12FN3S. The molecule has 19 heavy (non-hydrogen) atoms. The number of anilines is 2. The van der Waals surface area contributed by atoms with Crippen LogP contribution >= 0.6 is 11.3 Å². The third-order valence-electron chi connectivity index (χ3n) is 2.86. The van der Waals surface area contributed by atoms with Crippen molar-refractivity contribution in [2.45, 2.75) is 13.3 Å². The van der Waals surface area contributed by atoms with Crippen molar-refractivity contribution in [3.8, 4) is 0 Å². The van der Waals surface area contributed by atoms with E-state index < -0.39 is 0 Å². The summed E-state index contributed by atoms with van der Waals surface area (Å²) >= 11 is 1.64. The summed E-state index contributed by atoms with van der Waals surface area (Å²) in [5.74, 6) is 0.353. The average Bonchev–Trinajstić information content (AvgIpc) is 2.85. The molecule has 1 N–H and O–H groups in total. The molecule has 0 aliphatic rings. The predicted molar refractivity (Wildman–Crippen MR) is 76.5 cm³/mol. The molecule has 2 aromatic heterocycles. The minimum absolute atomic E-state index is 0.291. The van der Waals surface area contributed by atoms with E-state index in [2.05, 4.69) is 28.3 Å². The highest BCUT2D eigenvalue weighted by Crippen LogP contribution is 2.30. The topological polar surface area (TPSA) is 37.8 Å². The van der Waals surface area contributed by atoms with Crippen LogP contribution in [0.15, 0.2) is 36.7 Å². The molecule has 0 saturated carbocycles. The number of aromatic nitrogens is 2. The summed E-state index contributed by atoms with van der Waals surface area (Å²) in [7, 11) is 0. The number of nitrogens with one attached hydrogen (secondary N) is 1. The van der Waals surface area contributed by atoms with E-state index in [0.717, 1.165) is 16.6 Å². The zero-order chi connectivity index (χ0) is 13.2. The maximum absolute atomic E-state index is 13.6. The molecule has 0 saturated heterocycles. The molecule has 0 radical (unpaired) electrons. The highest BCUT2D eigenvalue weighted by molar-refractivity contribution is 7.18. The first-order valence-corrected chi connectivity index (χ1v) is 6.84. The summed E-state index contributed by atoms with van der Waals surface area (Å²) in [4.78, 5) is 10.6. The van der Waals surface area contributed by atoms with E-state index in [9.17, 15) is 4.39 Å². The van der Waals surface area contributed by atoms with E-state index in [-0.39, 0.29) is 5.82 Å². The molecule has 0 aliphatic heterocycles. The van der Waals surface area contributed by atoms with Gasteiger partial charge in [-0.2, -0.15) is 0 Å². The number of hydrogen-bond acceptors (Lipinski definition) is 4. The van der Waals surface area contributed by atoms with Crippen LogP contribution in [0.1, 0.15) is 11.8 Å². The fourth-order valence-corrected chi connectivity index (χ4v) is 2.80. The first-order chi connectivity index (χ1) is 9.28. The zero-order valence-electron chi connectivity index (χ0n) is 10.4. The molecule has 3 rings (SSSR count). The Morgan fingerprint density at radius 2 is 2.11 bits per heavy atom. The molecule has 5 heteroatoms. The standard InChI is InChI=1S/C14H12FN3S/c1-2-9-7-10-13(16-8-17-14(10)19-9)18-12-6-4-3-5-11(12)15/h3-8H,2H2,1H3,(H,16,17,18). The first kappa shape index (κ1) is 12.0. The molecule has 1 aromatic carbocycles. The smallest absolute Gasteiger partial charge is 0.146 e. The second kappa shape index (κ2) is 4.93. The molecule has 96 valence electrons. The highest BCUT2D eigenvalue weighted by Gasteiger charge is 2.09. The summed E-state index contributed by atoms with van der Waals surface area (Å²) in [6.45, 7) is 2.10. The van der Waals surface area contributed by atoms with Gasteiger partial charge >= 0.3 is 0 Å². The Morgan fingerprint density at radius 1 is 1.26 bits per heavy atom. The Kier molecular flexibility index (Phi) is 3.13. The third-order valence-corrected chi connectivity index (χ3v) is 4.04. The lowest BCUT2D eigenvalue weighted by Gasteiger charge is -2.06. The molecule has 0 aliphatic carbocycles. The molecule has 0 amide bonds. The Labute approximate surface area is 114 Å². The quantitative estimate of drug-likeness (QED) is 0.779. The van der Waals surface area contributed by atoms with Gasteiger partial charge in [0.2, 0.25) is 0 Å². The van der Waals surface area contributed by atoms with Gasteiger partial charge < -0.3 is 5.32 Å². The maximum atomic E-state index is 13.6. The van der Waals surface area contributed by atoms with Crippen LogP contribution in [0.2, 0.25) is 0 Å². The van der Waals surface area contributed by atoms with Crippen molar-refractivity contribution in [2.75, 3.05) is 5.32 Å². The number of hydrogen-bond donors (Lipinski definition) is 1. The SMILES string of the molecule is CCc1cc2c(Nc3ccccc3F)ncnc2s1. The van der Waals surface area contributed by atoms with Crippen molar-refractivity contribution < 1.29 is 4.39 Å².